The Morgan fingerprint density at radius 2 is 2.38 bits per heavy atom. The van der Waals surface area contributed by atoms with Crippen LogP contribution >= 0.6 is 0 Å². The Morgan fingerprint density at radius 3 is 3.00 bits per heavy atom. The molecule has 1 aliphatic rings. The molecule has 0 N–H and O–H groups in total. The zero-order valence-electron chi connectivity index (χ0n) is 7.99. The zero-order valence-corrected chi connectivity index (χ0v) is 7.99. The van der Waals surface area contributed by atoms with Crippen molar-refractivity contribution in [3.8, 4) is 0 Å². The summed E-state index contributed by atoms with van der Waals surface area (Å²) < 4.78 is 9.57. The summed E-state index contributed by atoms with van der Waals surface area (Å²) in [5.41, 5.74) is 0. The van der Waals surface area contributed by atoms with Crippen LogP contribution in [0, 0.1) is 0 Å². The molecule has 1 fully saturated rings. The average Bonchev–Trinajstić information content (AvgIpc) is 2.94. The summed E-state index contributed by atoms with van der Waals surface area (Å²) in [5, 5.41) is 0. The van der Waals surface area contributed by atoms with E-state index >= 15 is 0 Å². The van der Waals surface area contributed by atoms with Crippen molar-refractivity contribution >= 4 is 5.97 Å². The SMILES string of the molecule is COC(=O)CCC/C=C\CC1CO1. The molecule has 13 heavy (non-hydrogen) atoms. The van der Waals surface area contributed by atoms with Crippen LogP contribution in [0.15, 0.2) is 12.2 Å². The number of rotatable bonds is 6. The fraction of sp³-hybridized carbons (Fsp3) is 0.700. The van der Waals surface area contributed by atoms with Crippen LogP contribution in [0.2, 0.25) is 0 Å². The summed E-state index contributed by atoms with van der Waals surface area (Å²) in [4.78, 5) is 10.7. The third-order valence-electron chi connectivity index (χ3n) is 1.95. The third-order valence-corrected chi connectivity index (χ3v) is 1.95. The Hall–Kier alpha value is -0.830. The molecule has 0 aromatic carbocycles. The minimum Gasteiger partial charge on any atom is -0.469 e. The largest absolute Gasteiger partial charge is 0.469 e. The summed E-state index contributed by atoms with van der Waals surface area (Å²) in [6.45, 7) is 0.909. The van der Waals surface area contributed by atoms with Crippen molar-refractivity contribution in [2.75, 3.05) is 13.7 Å². The van der Waals surface area contributed by atoms with Gasteiger partial charge >= 0.3 is 5.97 Å². The lowest BCUT2D eigenvalue weighted by Crippen LogP contribution is -1.98. The van der Waals surface area contributed by atoms with Gasteiger partial charge in [0.15, 0.2) is 0 Å². The molecule has 1 saturated heterocycles. The number of carbonyl (C=O) groups excluding carboxylic acids is 1. The monoisotopic (exact) mass is 184 g/mol. The molecule has 1 aliphatic heterocycles. The zero-order chi connectivity index (χ0) is 9.52. The first kappa shape index (κ1) is 10.3. The molecule has 0 radical (unpaired) electrons. The molecule has 0 amide bonds. The van der Waals surface area contributed by atoms with Crippen LogP contribution in [0.4, 0.5) is 0 Å². The molecule has 3 nitrogen and oxygen atoms in total. The van der Waals surface area contributed by atoms with Crippen LogP contribution in [0.25, 0.3) is 0 Å². The number of epoxide rings is 1. The second-order valence-electron chi connectivity index (χ2n) is 3.13. The first-order chi connectivity index (χ1) is 6.33. The quantitative estimate of drug-likeness (QED) is 0.273. The maximum atomic E-state index is 10.7. The number of methoxy groups -OCH3 is 1. The Labute approximate surface area is 78.7 Å². The number of carbonyl (C=O) groups is 1. The fourth-order valence-corrected chi connectivity index (χ4v) is 1.04. The van der Waals surface area contributed by atoms with E-state index in [-0.39, 0.29) is 5.97 Å². The van der Waals surface area contributed by atoms with Crippen molar-refractivity contribution in [1.82, 2.24) is 0 Å². The number of allylic oxidation sites excluding steroid dienone is 1. The van der Waals surface area contributed by atoms with E-state index in [1.54, 1.807) is 0 Å². The van der Waals surface area contributed by atoms with Gasteiger partial charge in [0.1, 0.15) is 0 Å². The Bertz CT molecular complexity index is 183. The van der Waals surface area contributed by atoms with E-state index in [1.807, 2.05) is 0 Å². The molecular weight excluding hydrogens is 168 g/mol. The molecule has 0 aliphatic carbocycles. The van der Waals surface area contributed by atoms with Crippen LogP contribution in [-0.2, 0) is 14.3 Å². The average molecular weight is 184 g/mol. The molecule has 0 aromatic rings. The highest BCUT2D eigenvalue weighted by molar-refractivity contribution is 5.68. The Balaban J connectivity index is 1.87. The van der Waals surface area contributed by atoms with Gasteiger partial charge < -0.3 is 9.47 Å². The molecule has 74 valence electrons. The summed E-state index contributed by atoms with van der Waals surface area (Å²) in [7, 11) is 1.42. The lowest BCUT2D eigenvalue weighted by molar-refractivity contribution is -0.140. The van der Waals surface area contributed by atoms with Crippen LogP contribution in [0.3, 0.4) is 0 Å². The van der Waals surface area contributed by atoms with E-state index in [2.05, 4.69) is 16.9 Å². The van der Waals surface area contributed by atoms with Crippen molar-refractivity contribution in [3.63, 3.8) is 0 Å². The van der Waals surface area contributed by atoms with Crippen LogP contribution in [0.5, 0.6) is 0 Å². The minimum absolute atomic E-state index is 0.126. The molecule has 0 bridgehead atoms. The van der Waals surface area contributed by atoms with Crippen molar-refractivity contribution in [3.05, 3.63) is 12.2 Å². The number of esters is 1. The molecule has 0 aromatic heterocycles. The van der Waals surface area contributed by atoms with E-state index < -0.39 is 0 Å². The van der Waals surface area contributed by atoms with E-state index in [0.29, 0.717) is 12.5 Å². The molecule has 1 rings (SSSR count). The highest BCUT2D eigenvalue weighted by Crippen LogP contribution is 2.13. The number of hydrogen-bond acceptors (Lipinski definition) is 3. The molecule has 0 spiro atoms. The van der Waals surface area contributed by atoms with Gasteiger partial charge in [-0.3, -0.25) is 4.79 Å². The van der Waals surface area contributed by atoms with Gasteiger partial charge in [0, 0.05) is 6.42 Å². The summed E-state index contributed by atoms with van der Waals surface area (Å²) >= 11 is 0. The van der Waals surface area contributed by atoms with Gasteiger partial charge in [-0.15, -0.1) is 0 Å². The van der Waals surface area contributed by atoms with Gasteiger partial charge in [0.25, 0.3) is 0 Å². The lowest BCUT2D eigenvalue weighted by atomic mass is 10.2. The summed E-state index contributed by atoms with van der Waals surface area (Å²) in [6, 6.07) is 0. The lowest BCUT2D eigenvalue weighted by Gasteiger charge is -1.95. The van der Waals surface area contributed by atoms with Crippen molar-refractivity contribution in [2.24, 2.45) is 0 Å². The van der Waals surface area contributed by atoms with Crippen LogP contribution in [0.1, 0.15) is 25.7 Å². The fourth-order valence-electron chi connectivity index (χ4n) is 1.04. The predicted molar refractivity (Wildman–Crippen MR) is 49.4 cm³/mol. The van der Waals surface area contributed by atoms with Gasteiger partial charge in [-0.25, -0.2) is 0 Å². The Kier molecular flexibility index (Phi) is 4.54. The molecule has 1 atom stereocenters. The van der Waals surface area contributed by atoms with Crippen LogP contribution < -0.4 is 0 Å². The highest BCUT2D eigenvalue weighted by atomic mass is 16.6. The van der Waals surface area contributed by atoms with E-state index in [4.69, 9.17) is 4.74 Å². The predicted octanol–water partition coefficient (Wildman–Crippen LogP) is 1.67. The van der Waals surface area contributed by atoms with E-state index in [9.17, 15) is 4.79 Å². The van der Waals surface area contributed by atoms with E-state index in [1.165, 1.54) is 7.11 Å². The maximum Gasteiger partial charge on any atom is 0.305 e. The smallest absolute Gasteiger partial charge is 0.305 e. The molecule has 0 saturated carbocycles. The second-order valence-corrected chi connectivity index (χ2v) is 3.13. The molecule has 3 heteroatoms. The minimum atomic E-state index is -0.126. The summed E-state index contributed by atoms with van der Waals surface area (Å²) in [6.07, 6.45) is 8.03. The second kappa shape index (κ2) is 5.75. The number of hydrogen-bond donors (Lipinski definition) is 0. The number of ether oxygens (including phenoxy) is 2. The molecule has 1 unspecified atom stereocenters. The van der Waals surface area contributed by atoms with Gasteiger partial charge in [0.05, 0.1) is 19.8 Å². The third kappa shape index (κ3) is 5.42. The van der Waals surface area contributed by atoms with Crippen molar-refractivity contribution in [2.45, 2.75) is 31.8 Å². The van der Waals surface area contributed by atoms with E-state index in [0.717, 1.165) is 25.9 Å². The Morgan fingerprint density at radius 1 is 1.62 bits per heavy atom. The maximum absolute atomic E-state index is 10.7. The number of unbranched alkanes of at least 4 members (excludes halogenated alkanes) is 1. The standard InChI is InChI=1S/C10H16O3/c1-12-10(11)7-5-3-2-4-6-9-8-13-9/h2,4,9H,3,5-8H2,1H3/b4-2-. The van der Waals surface area contributed by atoms with Crippen molar-refractivity contribution < 1.29 is 14.3 Å². The van der Waals surface area contributed by atoms with Crippen molar-refractivity contribution in [1.29, 1.82) is 0 Å². The van der Waals surface area contributed by atoms with Gasteiger partial charge in [-0.05, 0) is 19.3 Å². The normalized spacial score (nSPS) is 20.5. The van der Waals surface area contributed by atoms with Gasteiger partial charge in [-0.2, -0.15) is 0 Å². The van der Waals surface area contributed by atoms with Gasteiger partial charge in [0.2, 0.25) is 0 Å². The summed E-state index contributed by atoms with van der Waals surface area (Å²) in [5.74, 6) is -0.126. The first-order valence-corrected chi connectivity index (χ1v) is 4.66. The molecular formula is C10H16O3. The van der Waals surface area contributed by atoms with Crippen LogP contribution in [-0.4, -0.2) is 25.8 Å². The first-order valence-electron chi connectivity index (χ1n) is 4.66. The van der Waals surface area contributed by atoms with Gasteiger partial charge in [-0.1, -0.05) is 12.2 Å². The molecule has 1 heterocycles. The topological polar surface area (TPSA) is 38.8 Å². The highest BCUT2D eigenvalue weighted by Gasteiger charge is 2.19.